The van der Waals surface area contributed by atoms with Crippen molar-refractivity contribution >= 4 is 31.9 Å². The lowest BCUT2D eigenvalue weighted by Crippen LogP contribution is -2.22. The summed E-state index contributed by atoms with van der Waals surface area (Å²) in [4.78, 5) is 0.684. The average molecular weight is 350 g/mol. The van der Waals surface area contributed by atoms with Crippen molar-refractivity contribution in [3.05, 3.63) is 15.9 Å². The minimum absolute atomic E-state index is 0.684. The maximum Gasteiger partial charge on any atom is 0.0738 e. The van der Waals surface area contributed by atoms with E-state index in [0.717, 1.165) is 18.0 Å². The molecule has 2 atom stereocenters. The molecule has 0 spiro atoms. The highest BCUT2D eigenvalue weighted by atomic mass is 79.9. The molecule has 0 aliphatic heterocycles. The van der Waals surface area contributed by atoms with Gasteiger partial charge in [-0.25, -0.2) is 0 Å². The molecule has 0 N–H and O–H groups in total. The van der Waals surface area contributed by atoms with Gasteiger partial charge in [0.2, 0.25) is 0 Å². The fourth-order valence-electron chi connectivity index (χ4n) is 2.54. The van der Waals surface area contributed by atoms with Crippen molar-refractivity contribution in [1.82, 2.24) is 9.78 Å². The Kier molecular flexibility index (Phi) is 4.11. The largest absolute Gasteiger partial charge is 0.271 e. The molecule has 2 nitrogen and oxygen atoms in total. The van der Waals surface area contributed by atoms with Crippen LogP contribution in [0.3, 0.4) is 0 Å². The molecule has 4 heteroatoms. The highest BCUT2D eigenvalue weighted by Gasteiger charge is 2.25. The van der Waals surface area contributed by atoms with Gasteiger partial charge in [0.05, 0.1) is 15.9 Å². The van der Waals surface area contributed by atoms with Crippen LogP contribution in [0.5, 0.6) is 0 Å². The summed E-state index contributed by atoms with van der Waals surface area (Å²) in [5.41, 5.74) is 2.44. The molecule has 1 fully saturated rings. The minimum Gasteiger partial charge on any atom is -0.271 e. The van der Waals surface area contributed by atoms with Crippen LogP contribution >= 0.6 is 31.9 Å². The third-order valence-corrected chi connectivity index (χ3v) is 5.77. The quantitative estimate of drug-likeness (QED) is 0.738. The van der Waals surface area contributed by atoms with Gasteiger partial charge in [-0.15, -0.1) is 0 Å². The maximum absolute atomic E-state index is 4.46. The van der Waals surface area contributed by atoms with E-state index in [2.05, 4.69) is 43.9 Å². The maximum atomic E-state index is 4.46. The van der Waals surface area contributed by atoms with Gasteiger partial charge in [0.25, 0.3) is 0 Å². The summed E-state index contributed by atoms with van der Waals surface area (Å²) in [5.74, 6) is 0.764. The molecule has 1 saturated carbocycles. The van der Waals surface area contributed by atoms with Gasteiger partial charge in [0.1, 0.15) is 0 Å². The van der Waals surface area contributed by atoms with Crippen LogP contribution < -0.4 is 0 Å². The normalized spacial score (nSPS) is 26.0. The molecule has 1 heterocycles. The van der Waals surface area contributed by atoms with E-state index in [1.54, 1.807) is 0 Å². The zero-order valence-electron chi connectivity index (χ0n) is 9.84. The van der Waals surface area contributed by atoms with Crippen LogP contribution in [0.4, 0.5) is 0 Å². The van der Waals surface area contributed by atoms with Crippen LogP contribution in [-0.4, -0.2) is 14.6 Å². The minimum atomic E-state index is 0.684. The summed E-state index contributed by atoms with van der Waals surface area (Å²) >= 11 is 7.47. The summed E-state index contributed by atoms with van der Waals surface area (Å²) in [6.07, 6.45) is 6.54. The molecule has 0 bridgehead atoms. The van der Waals surface area contributed by atoms with E-state index in [9.17, 15) is 0 Å². The first-order valence-corrected chi connectivity index (χ1v) is 7.62. The van der Waals surface area contributed by atoms with Crippen molar-refractivity contribution in [3.8, 4) is 0 Å². The van der Waals surface area contributed by atoms with Crippen molar-refractivity contribution in [1.29, 1.82) is 0 Å². The predicted octanol–water partition coefficient (Wildman–Crippen LogP) is 3.99. The van der Waals surface area contributed by atoms with Gasteiger partial charge in [-0.3, -0.25) is 4.68 Å². The van der Waals surface area contributed by atoms with Crippen LogP contribution in [0.2, 0.25) is 0 Å². The SMILES string of the molecule is Cc1nn(C)c(CC2CCCCC2Br)c1Br. The molecule has 1 aliphatic carbocycles. The van der Waals surface area contributed by atoms with E-state index in [-0.39, 0.29) is 0 Å². The van der Waals surface area contributed by atoms with E-state index in [0.29, 0.717) is 4.83 Å². The Balaban J connectivity index is 2.13. The Labute approximate surface area is 114 Å². The topological polar surface area (TPSA) is 17.8 Å². The van der Waals surface area contributed by atoms with Crippen molar-refractivity contribution in [2.45, 2.75) is 43.9 Å². The van der Waals surface area contributed by atoms with Crippen molar-refractivity contribution in [2.24, 2.45) is 13.0 Å². The first kappa shape index (κ1) is 12.6. The predicted molar refractivity (Wildman–Crippen MR) is 74.0 cm³/mol. The van der Waals surface area contributed by atoms with Gasteiger partial charge in [0.15, 0.2) is 0 Å². The number of alkyl halides is 1. The highest BCUT2D eigenvalue weighted by Crippen LogP contribution is 2.34. The Morgan fingerprint density at radius 1 is 1.38 bits per heavy atom. The van der Waals surface area contributed by atoms with Crippen LogP contribution in [0.1, 0.15) is 37.1 Å². The Morgan fingerprint density at radius 3 is 2.62 bits per heavy atom. The number of rotatable bonds is 2. The highest BCUT2D eigenvalue weighted by molar-refractivity contribution is 9.10. The van der Waals surface area contributed by atoms with E-state index in [4.69, 9.17) is 0 Å². The van der Waals surface area contributed by atoms with Crippen molar-refractivity contribution < 1.29 is 0 Å². The van der Waals surface area contributed by atoms with Crippen LogP contribution in [0, 0.1) is 12.8 Å². The Bertz CT molecular complexity index is 373. The van der Waals surface area contributed by atoms with Gasteiger partial charge >= 0.3 is 0 Å². The number of hydrogen-bond donors (Lipinski definition) is 0. The number of aryl methyl sites for hydroxylation is 2. The van der Waals surface area contributed by atoms with E-state index in [1.807, 2.05) is 11.7 Å². The fraction of sp³-hybridized carbons (Fsp3) is 0.750. The van der Waals surface area contributed by atoms with Gasteiger partial charge in [-0.1, -0.05) is 28.8 Å². The van der Waals surface area contributed by atoms with E-state index in [1.165, 1.54) is 35.8 Å². The number of nitrogens with zero attached hydrogens (tertiary/aromatic N) is 2. The summed E-state index contributed by atoms with van der Waals surface area (Å²) in [6.45, 7) is 2.06. The second-order valence-electron chi connectivity index (χ2n) is 4.73. The molecule has 90 valence electrons. The molecular weight excluding hydrogens is 332 g/mol. The molecule has 2 rings (SSSR count). The summed E-state index contributed by atoms with van der Waals surface area (Å²) in [5, 5.41) is 4.46. The molecule has 1 aromatic heterocycles. The van der Waals surface area contributed by atoms with Crippen LogP contribution in [0.15, 0.2) is 4.47 Å². The molecule has 0 aromatic carbocycles. The molecule has 0 radical (unpaired) electrons. The number of hydrogen-bond acceptors (Lipinski definition) is 1. The zero-order chi connectivity index (χ0) is 11.7. The van der Waals surface area contributed by atoms with Crippen LogP contribution in [0.25, 0.3) is 0 Å². The first-order chi connectivity index (χ1) is 7.59. The lowest BCUT2D eigenvalue weighted by atomic mass is 9.86. The summed E-state index contributed by atoms with van der Waals surface area (Å²) < 4.78 is 3.22. The van der Waals surface area contributed by atoms with E-state index >= 15 is 0 Å². The Morgan fingerprint density at radius 2 is 2.06 bits per heavy atom. The molecule has 1 aliphatic rings. The van der Waals surface area contributed by atoms with E-state index < -0.39 is 0 Å². The third kappa shape index (κ3) is 2.53. The second kappa shape index (κ2) is 5.21. The Hall–Kier alpha value is 0.170. The van der Waals surface area contributed by atoms with Gasteiger partial charge in [-0.05, 0) is 48.0 Å². The standard InChI is InChI=1S/C12H18Br2N2/c1-8-12(14)11(16(2)15-8)7-9-5-3-4-6-10(9)13/h9-10H,3-7H2,1-2H3. The molecular formula is C12H18Br2N2. The molecule has 16 heavy (non-hydrogen) atoms. The average Bonchev–Trinajstić information content (AvgIpc) is 2.48. The van der Waals surface area contributed by atoms with Gasteiger partial charge in [-0.2, -0.15) is 5.10 Å². The molecule has 1 aromatic rings. The van der Waals surface area contributed by atoms with Crippen molar-refractivity contribution in [3.63, 3.8) is 0 Å². The fourth-order valence-corrected chi connectivity index (χ4v) is 3.82. The summed E-state index contributed by atoms with van der Waals surface area (Å²) in [7, 11) is 2.04. The summed E-state index contributed by atoms with van der Waals surface area (Å²) in [6, 6.07) is 0. The van der Waals surface area contributed by atoms with Crippen LogP contribution in [-0.2, 0) is 13.5 Å². The third-order valence-electron chi connectivity index (χ3n) is 3.53. The lowest BCUT2D eigenvalue weighted by Gasteiger charge is -2.27. The zero-order valence-corrected chi connectivity index (χ0v) is 13.0. The monoisotopic (exact) mass is 348 g/mol. The van der Waals surface area contributed by atoms with Gasteiger partial charge in [0, 0.05) is 11.9 Å². The lowest BCUT2D eigenvalue weighted by molar-refractivity contribution is 0.366. The smallest absolute Gasteiger partial charge is 0.0738 e. The second-order valence-corrected chi connectivity index (χ2v) is 6.70. The molecule has 2 unspecified atom stereocenters. The van der Waals surface area contributed by atoms with Crippen molar-refractivity contribution in [2.75, 3.05) is 0 Å². The molecule has 0 amide bonds. The first-order valence-electron chi connectivity index (χ1n) is 5.91. The number of aromatic nitrogens is 2. The van der Waals surface area contributed by atoms with Gasteiger partial charge < -0.3 is 0 Å². The molecule has 0 saturated heterocycles. The number of halogens is 2.